The highest BCUT2D eigenvalue weighted by molar-refractivity contribution is 5.70. The molecule has 1 saturated heterocycles. The molecule has 120 valence electrons. The third-order valence-corrected chi connectivity index (χ3v) is 4.21. The fourth-order valence-electron chi connectivity index (χ4n) is 3.33. The summed E-state index contributed by atoms with van der Waals surface area (Å²) in [5.41, 5.74) is 1.01. The van der Waals surface area contributed by atoms with Crippen molar-refractivity contribution < 1.29 is 13.9 Å². The first kappa shape index (κ1) is 16.3. The standard InChI is InChI=1S/C17H28FNO2/c1-17(2,3)21-16(20)19-14-8-9-15(19)12-13(11-14)7-5-4-6-10-18/h11,14-15H,4-10,12H2,1-3H3. The summed E-state index contributed by atoms with van der Waals surface area (Å²) in [6.07, 6.45) is 8.88. The number of ether oxygens (including phenoxy) is 1. The number of nitrogens with zero attached hydrogens (tertiary/aromatic N) is 1. The van der Waals surface area contributed by atoms with Gasteiger partial charge < -0.3 is 4.74 Å². The third kappa shape index (κ3) is 4.45. The summed E-state index contributed by atoms with van der Waals surface area (Å²) >= 11 is 0. The monoisotopic (exact) mass is 297 g/mol. The highest BCUT2D eigenvalue weighted by atomic mass is 19.1. The lowest BCUT2D eigenvalue weighted by Crippen LogP contribution is -2.45. The quantitative estimate of drug-likeness (QED) is 0.547. The molecule has 0 aromatic heterocycles. The Bertz CT molecular complexity index is 400. The number of hydrogen-bond donors (Lipinski definition) is 0. The largest absolute Gasteiger partial charge is 0.444 e. The zero-order chi connectivity index (χ0) is 15.5. The van der Waals surface area contributed by atoms with Crippen molar-refractivity contribution in [3.8, 4) is 0 Å². The van der Waals surface area contributed by atoms with Gasteiger partial charge in [0.2, 0.25) is 0 Å². The molecule has 1 fully saturated rings. The second kappa shape index (κ2) is 6.80. The van der Waals surface area contributed by atoms with Crippen molar-refractivity contribution in [2.24, 2.45) is 0 Å². The molecule has 0 spiro atoms. The summed E-state index contributed by atoms with van der Waals surface area (Å²) in [6, 6.07) is 0.501. The Labute approximate surface area is 127 Å². The molecule has 0 aliphatic carbocycles. The minimum absolute atomic E-state index is 0.178. The van der Waals surface area contributed by atoms with E-state index in [9.17, 15) is 9.18 Å². The van der Waals surface area contributed by atoms with E-state index in [1.807, 2.05) is 25.7 Å². The molecule has 4 heteroatoms. The van der Waals surface area contributed by atoms with E-state index in [4.69, 9.17) is 4.74 Å². The fourth-order valence-corrected chi connectivity index (χ4v) is 3.33. The Morgan fingerprint density at radius 3 is 2.71 bits per heavy atom. The lowest BCUT2D eigenvalue weighted by atomic mass is 9.96. The molecule has 0 aromatic rings. The molecule has 2 aliphatic heterocycles. The van der Waals surface area contributed by atoms with Crippen LogP contribution in [0.3, 0.4) is 0 Å². The highest BCUT2D eigenvalue weighted by Crippen LogP contribution is 2.37. The van der Waals surface area contributed by atoms with Crippen molar-refractivity contribution in [2.45, 2.75) is 83.4 Å². The van der Waals surface area contributed by atoms with Crippen molar-refractivity contribution >= 4 is 6.09 Å². The summed E-state index contributed by atoms with van der Waals surface area (Å²) in [6.45, 7) is 5.51. The molecule has 0 saturated carbocycles. The zero-order valence-corrected chi connectivity index (χ0v) is 13.5. The SMILES string of the molecule is CC(C)(C)OC(=O)N1C2C=C(CCCCCF)CC1CC2. The zero-order valence-electron chi connectivity index (χ0n) is 13.5. The molecule has 2 aliphatic rings. The predicted molar refractivity (Wildman–Crippen MR) is 82.0 cm³/mol. The Balaban J connectivity index is 1.91. The summed E-state index contributed by atoms with van der Waals surface area (Å²) < 4.78 is 17.6. The van der Waals surface area contributed by atoms with Crippen LogP contribution in [-0.2, 0) is 4.74 Å². The van der Waals surface area contributed by atoms with Gasteiger partial charge in [-0.05, 0) is 59.3 Å². The Kier molecular flexibility index (Phi) is 5.28. The number of carbonyl (C=O) groups is 1. The molecule has 0 aromatic carbocycles. The number of hydrogen-bond acceptors (Lipinski definition) is 2. The molecule has 2 atom stereocenters. The lowest BCUT2D eigenvalue weighted by Gasteiger charge is -2.35. The van der Waals surface area contributed by atoms with Gasteiger partial charge in [-0.2, -0.15) is 0 Å². The first-order valence-electron chi connectivity index (χ1n) is 8.17. The van der Waals surface area contributed by atoms with Crippen LogP contribution in [0.4, 0.5) is 9.18 Å². The minimum atomic E-state index is -0.438. The van der Waals surface area contributed by atoms with Crippen LogP contribution in [0.15, 0.2) is 11.6 Å². The molecule has 2 unspecified atom stereocenters. The maximum atomic E-state index is 12.3. The van der Waals surface area contributed by atoms with Crippen molar-refractivity contribution in [1.29, 1.82) is 0 Å². The van der Waals surface area contributed by atoms with Crippen LogP contribution < -0.4 is 0 Å². The van der Waals surface area contributed by atoms with E-state index >= 15 is 0 Å². The van der Waals surface area contributed by atoms with Crippen LogP contribution >= 0.6 is 0 Å². The van der Waals surface area contributed by atoms with E-state index in [2.05, 4.69) is 6.08 Å². The average Bonchev–Trinajstić information content (AvgIpc) is 2.65. The molecule has 0 N–H and O–H groups in total. The van der Waals surface area contributed by atoms with Gasteiger partial charge in [0, 0.05) is 6.04 Å². The van der Waals surface area contributed by atoms with Crippen LogP contribution in [0.25, 0.3) is 0 Å². The highest BCUT2D eigenvalue weighted by Gasteiger charge is 2.41. The van der Waals surface area contributed by atoms with Crippen molar-refractivity contribution in [1.82, 2.24) is 4.90 Å². The molecule has 2 rings (SSSR count). The fraction of sp³-hybridized carbons (Fsp3) is 0.824. The summed E-state index contributed by atoms with van der Waals surface area (Å²) in [7, 11) is 0. The Morgan fingerprint density at radius 1 is 1.33 bits per heavy atom. The molecule has 1 amide bonds. The number of fused-ring (bicyclic) bond motifs is 2. The maximum absolute atomic E-state index is 12.3. The van der Waals surface area contributed by atoms with Gasteiger partial charge in [0.05, 0.1) is 12.7 Å². The van der Waals surface area contributed by atoms with Gasteiger partial charge in [-0.25, -0.2) is 4.79 Å². The summed E-state index contributed by atoms with van der Waals surface area (Å²) in [5, 5.41) is 0. The first-order chi connectivity index (χ1) is 9.90. The van der Waals surface area contributed by atoms with Gasteiger partial charge in [-0.15, -0.1) is 0 Å². The van der Waals surface area contributed by atoms with Gasteiger partial charge in [0.25, 0.3) is 0 Å². The number of rotatable bonds is 5. The molecule has 3 nitrogen and oxygen atoms in total. The van der Waals surface area contributed by atoms with Crippen molar-refractivity contribution in [3.05, 3.63) is 11.6 Å². The van der Waals surface area contributed by atoms with Crippen molar-refractivity contribution in [3.63, 3.8) is 0 Å². The lowest BCUT2D eigenvalue weighted by molar-refractivity contribution is 0.0166. The number of carbonyl (C=O) groups excluding carboxylic acids is 1. The number of halogens is 1. The molecular weight excluding hydrogens is 269 g/mol. The summed E-state index contributed by atoms with van der Waals surface area (Å²) in [4.78, 5) is 14.2. The van der Waals surface area contributed by atoms with Gasteiger partial charge in [-0.3, -0.25) is 9.29 Å². The average molecular weight is 297 g/mol. The maximum Gasteiger partial charge on any atom is 0.411 e. The molecule has 0 radical (unpaired) electrons. The normalized spacial score (nSPS) is 25.0. The molecular formula is C17H28FNO2. The number of unbranched alkanes of at least 4 members (excludes halogenated alkanes) is 2. The number of amides is 1. The smallest absolute Gasteiger partial charge is 0.411 e. The van der Waals surface area contributed by atoms with Crippen LogP contribution in [0.2, 0.25) is 0 Å². The van der Waals surface area contributed by atoms with Crippen LogP contribution in [0.5, 0.6) is 0 Å². The third-order valence-electron chi connectivity index (χ3n) is 4.21. The van der Waals surface area contributed by atoms with Crippen molar-refractivity contribution in [2.75, 3.05) is 6.67 Å². The van der Waals surface area contributed by atoms with E-state index in [-0.39, 0.29) is 18.8 Å². The first-order valence-corrected chi connectivity index (χ1v) is 8.17. The van der Waals surface area contributed by atoms with Gasteiger partial charge in [-0.1, -0.05) is 18.1 Å². The van der Waals surface area contributed by atoms with Crippen LogP contribution in [0.1, 0.15) is 65.7 Å². The predicted octanol–water partition coefficient (Wildman–Crippen LogP) is 4.61. The Morgan fingerprint density at radius 2 is 2.10 bits per heavy atom. The van der Waals surface area contributed by atoms with Gasteiger partial charge in [0.15, 0.2) is 0 Å². The van der Waals surface area contributed by atoms with Gasteiger partial charge >= 0.3 is 6.09 Å². The van der Waals surface area contributed by atoms with E-state index in [0.29, 0.717) is 12.5 Å². The van der Waals surface area contributed by atoms with E-state index in [1.54, 1.807) is 0 Å². The van der Waals surface area contributed by atoms with Crippen LogP contribution in [-0.4, -0.2) is 35.4 Å². The van der Waals surface area contributed by atoms with E-state index in [1.165, 1.54) is 5.57 Å². The summed E-state index contributed by atoms with van der Waals surface area (Å²) in [5.74, 6) is 0. The van der Waals surface area contributed by atoms with E-state index < -0.39 is 5.60 Å². The second-order valence-electron chi connectivity index (χ2n) is 7.21. The number of alkyl halides is 1. The van der Waals surface area contributed by atoms with Gasteiger partial charge in [0.1, 0.15) is 5.60 Å². The Hall–Kier alpha value is -1.06. The minimum Gasteiger partial charge on any atom is -0.444 e. The topological polar surface area (TPSA) is 29.5 Å². The second-order valence-corrected chi connectivity index (χ2v) is 7.21. The van der Waals surface area contributed by atoms with Crippen LogP contribution in [0, 0.1) is 0 Å². The van der Waals surface area contributed by atoms with E-state index in [0.717, 1.165) is 38.5 Å². The molecule has 21 heavy (non-hydrogen) atoms. The molecule has 2 heterocycles. The molecule has 2 bridgehead atoms.